The maximum Gasteiger partial charge on any atom is 0.209 e. The first-order valence-corrected chi connectivity index (χ1v) is 8.09. The van der Waals surface area contributed by atoms with Gasteiger partial charge in [-0.25, -0.2) is 0 Å². The fourth-order valence-corrected chi connectivity index (χ4v) is 3.28. The molecule has 1 heterocycles. The second-order valence-electron chi connectivity index (χ2n) is 6.31. The van der Waals surface area contributed by atoms with Crippen molar-refractivity contribution in [3.63, 3.8) is 0 Å². The molecule has 3 nitrogen and oxygen atoms in total. The first-order chi connectivity index (χ1) is 9.97. The highest BCUT2D eigenvalue weighted by molar-refractivity contribution is 5.93. The van der Waals surface area contributed by atoms with Crippen LogP contribution in [-0.4, -0.2) is 41.6 Å². The Morgan fingerprint density at radius 1 is 1.19 bits per heavy atom. The standard InChI is InChI=1S/C18H29N2O/c1-6-19(7-2)15-9-10-17-16(13-15)18(4,5)14(3)20(17)11-8-12-21/h9-10,13,21H,6-8,11-12H2,1-5H3/q+1. The molecule has 0 radical (unpaired) electrons. The number of hydrogen-bond acceptors (Lipinski definition) is 2. The third-order valence-corrected chi connectivity index (χ3v) is 4.92. The lowest BCUT2D eigenvalue weighted by Gasteiger charge is -2.23. The average Bonchev–Trinajstić information content (AvgIpc) is 2.66. The molecule has 0 atom stereocenters. The highest BCUT2D eigenvalue weighted by Gasteiger charge is 2.42. The van der Waals surface area contributed by atoms with Crippen LogP contribution in [0.2, 0.25) is 0 Å². The molecule has 0 fully saturated rings. The van der Waals surface area contributed by atoms with E-state index in [9.17, 15) is 0 Å². The van der Waals surface area contributed by atoms with Crippen molar-refractivity contribution in [1.29, 1.82) is 0 Å². The first-order valence-electron chi connectivity index (χ1n) is 8.09. The summed E-state index contributed by atoms with van der Waals surface area (Å²) in [6, 6.07) is 6.83. The Balaban J connectivity index is 2.45. The molecular formula is C18H29N2O+. The molecule has 0 bridgehead atoms. The molecule has 0 amide bonds. The number of rotatable bonds is 6. The Hall–Kier alpha value is -1.35. The normalized spacial score (nSPS) is 16.3. The van der Waals surface area contributed by atoms with Gasteiger partial charge in [-0.1, -0.05) is 0 Å². The quantitative estimate of drug-likeness (QED) is 0.813. The van der Waals surface area contributed by atoms with Crippen molar-refractivity contribution in [2.24, 2.45) is 0 Å². The molecule has 0 aliphatic carbocycles. The number of aliphatic hydroxyl groups excluding tert-OH is 1. The number of aliphatic hydroxyl groups is 1. The monoisotopic (exact) mass is 289 g/mol. The van der Waals surface area contributed by atoms with E-state index >= 15 is 0 Å². The fraction of sp³-hybridized carbons (Fsp3) is 0.611. The second-order valence-corrected chi connectivity index (χ2v) is 6.31. The van der Waals surface area contributed by atoms with Crippen molar-refractivity contribution in [2.75, 3.05) is 31.1 Å². The van der Waals surface area contributed by atoms with Gasteiger partial charge in [-0.05, 0) is 39.8 Å². The molecule has 0 saturated heterocycles. The van der Waals surface area contributed by atoms with E-state index in [2.05, 4.69) is 62.3 Å². The predicted octanol–water partition coefficient (Wildman–Crippen LogP) is 3.31. The fourth-order valence-electron chi connectivity index (χ4n) is 3.28. The third-order valence-electron chi connectivity index (χ3n) is 4.92. The van der Waals surface area contributed by atoms with Gasteiger partial charge in [0.05, 0.1) is 5.41 Å². The summed E-state index contributed by atoms with van der Waals surface area (Å²) in [6.07, 6.45) is 0.810. The molecule has 0 aromatic heterocycles. The van der Waals surface area contributed by atoms with Gasteiger partial charge < -0.3 is 10.0 Å². The van der Waals surface area contributed by atoms with E-state index in [1.54, 1.807) is 0 Å². The van der Waals surface area contributed by atoms with E-state index in [1.807, 2.05) is 0 Å². The van der Waals surface area contributed by atoms with Gasteiger partial charge in [0, 0.05) is 50.4 Å². The van der Waals surface area contributed by atoms with Gasteiger partial charge in [0.25, 0.3) is 0 Å². The molecule has 1 aliphatic rings. The van der Waals surface area contributed by atoms with E-state index in [0.29, 0.717) is 0 Å². The zero-order valence-electron chi connectivity index (χ0n) is 14.1. The minimum absolute atomic E-state index is 0.0634. The Bertz CT molecular complexity index is 542. The van der Waals surface area contributed by atoms with Crippen LogP contribution in [0.1, 0.15) is 46.6 Å². The minimum Gasteiger partial charge on any atom is -0.396 e. The number of anilines is 1. The third kappa shape index (κ3) is 2.71. The van der Waals surface area contributed by atoms with Crippen molar-refractivity contribution >= 4 is 17.1 Å². The van der Waals surface area contributed by atoms with E-state index < -0.39 is 0 Å². The van der Waals surface area contributed by atoms with E-state index in [1.165, 1.54) is 22.6 Å². The summed E-state index contributed by atoms with van der Waals surface area (Å²) >= 11 is 0. The molecule has 1 aromatic carbocycles. The van der Waals surface area contributed by atoms with Crippen LogP contribution >= 0.6 is 0 Å². The number of fused-ring (bicyclic) bond motifs is 1. The SMILES string of the molecule is CCN(CC)c1ccc2c(c1)C(C)(C)C(C)=[N+]2CCCO. The summed E-state index contributed by atoms with van der Waals surface area (Å²) in [5, 5.41) is 9.13. The molecular weight excluding hydrogens is 260 g/mol. The van der Waals surface area contributed by atoms with Gasteiger partial charge in [0.1, 0.15) is 0 Å². The summed E-state index contributed by atoms with van der Waals surface area (Å²) in [4.78, 5) is 2.39. The number of nitrogens with zero attached hydrogens (tertiary/aromatic N) is 2. The van der Waals surface area contributed by atoms with Crippen LogP contribution < -0.4 is 4.90 Å². The lowest BCUT2D eigenvalue weighted by molar-refractivity contribution is -0.440. The zero-order chi connectivity index (χ0) is 15.6. The second kappa shape index (κ2) is 6.18. The topological polar surface area (TPSA) is 26.5 Å². The number of hydrogen-bond donors (Lipinski definition) is 1. The van der Waals surface area contributed by atoms with Crippen LogP contribution in [0, 0.1) is 0 Å². The van der Waals surface area contributed by atoms with Gasteiger partial charge in [0.2, 0.25) is 5.69 Å². The lowest BCUT2D eigenvalue weighted by Crippen LogP contribution is -2.27. The van der Waals surface area contributed by atoms with Gasteiger partial charge in [-0.15, -0.1) is 0 Å². The van der Waals surface area contributed by atoms with Gasteiger partial charge >= 0.3 is 0 Å². The van der Waals surface area contributed by atoms with Crippen molar-refractivity contribution in [1.82, 2.24) is 0 Å². The van der Waals surface area contributed by atoms with Crippen molar-refractivity contribution in [2.45, 2.75) is 46.5 Å². The molecule has 21 heavy (non-hydrogen) atoms. The first kappa shape index (κ1) is 16.0. The van der Waals surface area contributed by atoms with E-state index in [-0.39, 0.29) is 12.0 Å². The van der Waals surface area contributed by atoms with E-state index in [4.69, 9.17) is 5.11 Å². The van der Waals surface area contributed by atoms with Crippen molar-refractivity contribution in [3.8, 4) is 0 Å². The Morgan fingerprint density at radius 2 is 1.86 bits per heavy atom. The average molecular weight is 289 g/mol. The lowest BCUT2D eigenvalue weighted by atomic mass is 9.82. The smallest absolute Gasteiger partial charge is 0.209 e. The minimum atomic E-state index is 0.0634. The van der Waals surface area contributed by atoms with Crippen LogP contribution in [0.15, 0.2) is 18.2 Å². The number of benzene rings is 1. The molecule has 0 spiro atoms. The maximum absolute atomic E-state index is 9.13. The summed E-state index contributed by atoms with van der Waals surface area (Å²) in [6.45, 7) is 14.4. The Morgan fingerprint density at radius 3 is 2.43 bits per heavy atom. The molecule has 1 aliphatic heterocycles. The highest BCUT2D eigenvalue weighted by atomic mass is 16.3. The van der Waals surface area contributed by atoms with Crippen molar-refractivity contribution in [3.05, 3.63) is 23.8 Å². The molecule has 1 N–H and O–H groups in total. The zero-order valence-corrected chi connectivity index (χ0v) is 14.1. The maximum atomic E-state index is 9.13. The summed E-state index contributed by atoms with van der Waals surface area (Å²) in [5.74, 6) is 0. The molecule has 0 saturated carbocycles. The summed E-state index contributed by atoms with van der Waals surface area (Å²) < 4.78 is 2.37. The van der Waals surface area contributed by atoms with Crippen LogP contribution in [0.25, 0.3) is 0 Å². The summed E-state index contributed by atoms with van der Waals surface area (Å²) in [5.41, 5.74) is 5.46. The van der Waals surface area contributed by atoms with Gasteiger partial charge in [-0.2, -0.15) is 4.58 Å². The summed E-state index contributed by atoms with van der Waals surface area (Å²) in [7, 11) is 0. The van der Waals surface area contributed by atoms with Gasteiger partial charge in [-0.3, -0.25) is 0 Å². The van der Waals surface area contributed by atoms with E-state index in [0.717, 1.165) is 26.1 Å². The van der Waals surface area contributed by atoms with Crippen LogP contribution in [0.5, 0.6) is 0 Å². The Kier molecular flexibility index (Phi) is 4.72. The molecule has 116 valence electrons. The molecule has 3 heteroatoms. The molecule has 1 aromatic rings. The largest absolute Gasteiger partial charge is 0.396 e. The van der Waals surface area contributed by atoms with Crippen LogP contribution in [-0.2, 0) is 5.41 Å². The molecule has 0 unspecified atom stereocenters. The van der Waals surface area contributed by atoms with Crippen molar-refractivity contribution < 1.29 is 9.68 Å². The predicted molar refractivity (Wildman–Crippen MR) is 90.2 cm³/mol. The molecule has 2 rings (SSSR count). The van der Waals surface area contributed by atoms with Gasteiger partial charge in [0.15, 0.2) is 12.3 Å². The van der Waals surface area contributed by atoms with Crippen LogP contribution in [0.4, 0.5) is 11.4 Å². The Labute approximate surface area is 128 Å². The van der Waals surface area contributed by atoms with Crippen LogP contribution in [0.3, 0.4) is 0 Å². The highest BCUT2D eigenvalue weighted by Crippen LogP contribution is 2.41.